The van der Waals surface area contributed by atoms with Gasteiger partial charge in [-0.25, -0.2) is 4.98 Å². The van der Waals surface area contributed by atoms with Gasteiger partial charge in [0, 0.05) is 30.3 Å². The first-order valence-corrected chi connectivity index (χ1v) is 10.9. The van der Waals surface area contributed by atoms with Crippen molar-refractivity contribution in [1.29, 1.82) is 0 Å². The van der Waals surface area contributed by atoms with E-state index in [1.54, 1.807) is 4.90 Å². The van der Waals surface area contributed by atoms with Crippen molar-refractivity contribution in [2.24, 2.45) is 0 Å². The summed E-state index contributed by atoms with van der Waals surface area (Å²) in [5.41, 5.74) is 0.588. The highest BCUT2D eigenvalue weighted by Gasteiger charge is 2.29. The summed E-state index contributed by atoms with van der Waals surface area (Å²) in [5, 5.41) is 3.31. The van der Waals surface area contributed by atoms with Crippen LogP contribution in [0.2, 0.25) is 0 Å². The summed E-state index contributed by atoms with van der Waals surface area (Å²) < 4.78 is 42.4. The smallest absolute Gasteiger partial charge is 0.416 e. The van der Waals surface area contributed by atoms with Gasteiger partial charge in [-0.3, -0.25) is 14.4 Å². The number of benzene rings is 1. The zero-order valence-electron chi connectivity index (χ0n) is 17.8. The molecule has 2 aromatic rings. The lowest BCUT2D eigenvalue weighted by atomic mass is 10.1. The fourth-order valence-corrected chi connectivity index (χ4v) is 4.30. The highest BCUT2D eigenvalue weighted by atomic mass is 32.1. The van der Waals surface area contributed by atoms with Gasteiger partial charge >= 0.3 is 12.1 Å². The maximum absolute atomic E-state index is 12.6. The second-order valence-corrected chi connectivity index (χ2v) is 8.46. The van der Waals surface area contributed by atoms with Gasteiger partial charge in [0.1, 0.15) is 0 Å². The van der Waals surface area contributed by atoms with Crippen molar-refractivity contribution in [1.82, 2.24) is 15.2 Å². The molecule has 0 atom stereocenters. The van der Waals surface area contributed by atoms with Gasteiger partial charge in [0.2, 0.25) is 11.8 Å². The van der Waals surface area contributed by atoms with E-state index in [9.17, 15) is 27.6 Å². The zero-order chi connectivity index (χ0) is 24.0. The number of aryl methyl sites for hydroxylation is 1. The van der Waals surface area contributed by atoms with Crippen LogP contribution in [0.25, 0.3) is 6.08 Å². The Labute approximate surface area is 192 Å². The Balaban J connectivity index is 1.47. The number of alkyl halides is 3. The van der Waals surface area contributed by atoms with Crippen LogP contribution in [0.3, 0.4) is 0 Å². The quantitative estimate of drug-likeness (QED) is 0.485. The molecule has 7 nitrogen and oxygen atoms in total. The molecule has 1 aromatic heterocycles. The molecule has 1 N–H and O–H groups in total. The fraction of sp³-hybridized carbons (Fsp3) is 0.364. The lowest BCUT2D eigenvalue weighted by molar-refractivity contribution is -0.140. The van der Waals surface area contributed by atoms with E-state index in [0.717, 1.165) is 27.7 Å². The SMILES string of the molecule is COC(=O)CCc1nc2c(s1)CN(C(=O)CNC(=O)/C=C/c1ccc(C(F)(F)F)cc1)CC2. The lowest BCUT2D eigenvalue weighted by Crippen LogP contribution is -2.42. The van der Waals surface area contributed by atoms with E-state index in [-0.39, 0.29) is 24.8 Å². The van der Waals surface area contributed by atoms with Gasteiger partial charge in [0.05, 0.1) is 42.9 Å². The van der Waals surface area contributed by atoms with Gasteiger partial charge < -0.3 is 15.0 Å². The molecule has 0 fully saturated rings. The number of esters is 1. The van der Waals surface area contributed by atoms with E-state index >= 15 is 0 Å². The molecule has 176 valence electrons. The molecule has 0 radical (unpaired) electrons. The predicted octanol–water partition coefficient (Wildman–Crippen LogP) is 2.98. The van der Waals surface area contributed by atoms with Crippen LogP contribution in [0.15, 0.2) is 30.3 Å². The fourth-order valence-electron chi connectivity index (χ4n) is 3.17. The van der Waals surface area contributed by atoms with E-state index in [1.165, 1.54) is 42.7 Å². The van der Waals surface area contributed by atoms with Crippen molar-refractivity contribution in [3.8, 4) is 0 Å². The van der Waals surface area contributed by atoms with Gasteiger partial charge in [0.15, 0.2) is 0 Å². The number of ether oxygens (including phenoxy) is 1. The Bertz CT molecular complexity index is 1050. The number of rotatable bonds is 7. The van der Waals surface area contributed by atoms with Crippen molar-refractivity contribution in [3.63, 3.8) is 0 Å². The molecule has 33 heavy (non-hydrogen) atoms. The molecular weight excluding hydrogens is 459 g/mol. The average Bonchev–Trinajstić information content (AvgIpc) is 3.21. The first-order chi connectivity index (χ1) is 15.7. The molecule has 0 saturated carbocycles. The number of halogens is 3. The summed E-state index contributed by atoms with van der Waals surface area (Å²) >= 11 is 1.46. The van der Waals surface area contributed by atoms with Crippen molar-refractivity contribution in [2.45, 2.75) is 32.0 Å². The minimum atomic E-state index is -4.42. The van der Waals surface area contributed by atoms with Gasteiger partial charge in [-0.15, -0.1) is 11.3 Å². The average molecular weight is 481 g/mol. The Morgan fingerprint density at radius 2 is 1.97 bits per heavy atom. The van der Waals surface area contributed by atoms with Crippen LogP contribution < -0.4 is 5.32 Å². The first-order valence-electron chi connectivity index (χ1n) is 10.1. The van der Waals surface area contributed by atoms with Crippen LogP contribution in [0.5, 0.6) is 0 Å². The molecule has 0 unspecified atom stereocenters. The number of hydrogen-bond acceptors (Lipinski definition) is 6. The zero-order valence-corrected chi connectivity index (χ0v) is 18.6. The molecule has 11 heteroatoms. The monoisotopic (exact) mass is 481 g/mol. The molecule has 1 aromatic carbocycles. The Morgan fingerprint density at radius 3 is 2.64 bits per heavy atom. The first kappa shape index (κ1) is 24.4. The van der Waals surface area contributed by atoms with Crippen molar-refractivity contribution < 1.29 is 32.3 Å². The van der Waals surface area contributed by atoms with Gasteiger partial charge in [-0.05, 0) is 23.8 Å². The standard InChI is InChI=1S/C22H22F3N3O4S/c1-32-21(31)9-8-19-27-16-10-11-28(13-17(16)33-19)20(30)12-26-18(29)7-4-14-2-5-15(6-3-14)22(23,24)25/h2-7H,8-13H2,1H3,(H,26,29)/b7-4+. The second-order valence-electron chi connectivity index (χ2n) is 7.29. The number of amides is 2. The molecule has 0 aliphatic carbocycles. The van der Waals surface area contributed by atoms with Gasteiger partial charge in [0.25, 0.3) is 0 Å². The summed E-state index contributed by atoms with van der Waals surface area (Å²) in [6, 6.07) is 4.40. The molecule has 3 rings (SSSR count). The predicted molar refractivity (Wildman–Crippen MR) is 115 cm³/mol. The van der Waals surface area contributed by atoms with Crippen LogP contribution in [0, 0.1) is 0 Å². The summed E-state index contributed by atoms with van der Waals surface area (Å²) in [5.74, 6) is -1.08. The maximum atomic E-state index is 12.6. The van der Waals surface area contributed by atoms with Crippen molar-refractivity contribution in [2.75, 3.05) is 20.2 Å². The number of nitrogens with zero attached hydrogens (tertiary/aromatic N) is 2. The summed E-state index contributed by atoms with van der Waals surface area (Å²) in [6.07, 6.45) is -0.547. The largest absolute Gasteiger partial charge is 0.469 e. The number of hydrogen-bond donors (Lipinski definition) is 1. The van der Waals surface area contributed by atoms with E-state index in [2.05, 4.69) is 15.0 Å². The Hall–Kier alpha value is -3.21. The third-order valence-electron chi connectivity index (χ3n) is 4.98. The molecule has 0 saturated heterocycles. The summed E-state index contributed by atoms with van der Waals surface area (Å²) in [7, 11) is 1.34. The molecule has 1 aliphatic heterocycles. The maximum Gasteiger partial charge on any atom is 0.416 e. The number of thiazole rings is 1. The van der Waals surface area contributed by atoms with Crippen LogP contribution in [-0.4, -0.2) is 47.9 Å². The number of aromatic nitrogens is 1. The highest BCUT2D eigenvalue weighted by Crippen LogP contribution is 2.29. The highest BCUT2D eigenvalue weighted by molar-refractivity contribution is 7.11. The molecular formula is C22H22F3N3O4S. The van der Waals surface area contributed by atoms with Crippen molar-refractivity contribution in [3.05, 3.63) is 57.0 Å². The van der Waals surface area contributed by atoms with Crippen LogP contribution in [0.4, 0.5) is 13.2 Å². The second kappa shape index (κ2) is 10.6. The minimum Gasteiger partial charge on any atom is -0.469 e. The number of methoxy groups -OCH3 is 1. The molecule has 2 amide bonds. The van der Waals surface area contributed by atoms with Crippen LogP contribution >= 0.6 is 11.3 Å². The third-order valence-corrected chi connectivity index (χ3v) is 6.12. The molecule has 2 heterocycles. The van der Waals surface area contributed by atoms with E-state index in [0.29, 0.717) is 31.5 Å². The number of carbonyl (C=O) groups is 3. The third kappa shape index (κ3) is 6.88. The molecule has 0 spiro atoms. The van der Waals surface area contributed by atoms with E-state index < -0.39 is 17.6 Å². The summed E-state index contributed by atoms with van der Waals surface area (Å²) in [4.78, 5) is 42.9. The van der Waals surface area contributed by atoms with Gasteiger partial charge in [-0.2, -0.15) is 13.2 Å². The number of fused-ring (bicyclic) bond motifs is 1. The summed E-state index contributed by atoms with van der Waals surface area (Å²) in [6.45, 7) is 0.671. The number of nitrogens with one attached hydrogen (secondary N) is 1. The van der Waals surface area contributed by atoms with Crippen LogP contribution in [0.1, 0.15) is 33.1 Å². The van der Waals surface area contributed by atoms with E-state index in [1.807, 2.05) is 0 Å². The van der Waals surface area contributed by atoms with Crippen LogP contribution in [-0.2, 0) is 44.7 Å². The van der Waals surface area contributed by atoms with Gasteiger partial charge in [-0.1, -0.05) is 12.1 Å². The Kier molecular flexibility index (Phi) is 7.85. The van der Waals surface area contributed by atoms with E-state index in [4.69, 9.17) is 0 Å². The molecule has 0 bridgehead atoms. The number of carbonyl (C=O) groups excluding carboxylic acids is 3. The lowest BCUT2D eigenvalue weighted by Gasteiger charge is -2.26. The molecule has 1 aliphatic rings. The normalized spacial score (nSPS) is 13.6. The van der Waals surface area contributed by atoms with Crippen molar-refractivity contribution >= 4 is 35.2 Å². The topological polar surface area (TPSA) is 88.6 Å². The minimum absolute atomic E-state index is 0.195. The Morgan fingerprint density at radius 1 is 1.24 bits per heavy atom.